The van der Waals surface area contributed by atoms with Gasteiger partial charge in [-0.1, -0.05) is 20.8 Å². The molecule has 3 N–H and O–H groups in total. The first-order valence-corrected chi connectivity index (χ1v) is 13.7. The number of benzene rings is 1. The molecule has 0 radical (unpaired) electrons. The Balaban J connectivity index is 2.04. The summed E-state index contributed by atoms with van der Waals surface area (Å²) in [5.74, 6) is -0.510. The third-order valence-corrected chi connectivity index (χ3v) is 7.79. The number of carbonyl (C=O) groups excluding carboxylic acids is 2. The fraction of sp³-hybridized carbons (Fsp3) is 0.462. The fourth-order valence-electron chi connectivity index (χ4n) is 4.38. The van der Waals surface area contributed by atoms with Gasteiger partial charge in [0.05, 0.1) is 17.9 Å². The van der Waals surface area contributed by atoms with Gasteiger partial charge in [-0.3, -0.25) is 9.59 Å². The molecule has 1 amide bonds. The third-order valence-electron chi connectivity index (χ3n) is 6.34. The second-order valence-electron chi connectivity index (χ2n) is 8.77. The lowest BCUT2D eigenvalue weighted by molar-refractivity contribution is -0.148. The number of amides is 1. The van der Waals surface area contributed by atoms with Gasteiger partial charge in [0.15, 0.2) is 5.78 Å². The number of rotatable bonds is 12. The van der Waals surface area contributed by atoms with Crippen LogP contribution in [-0.2, 0) is 43.4 Å². The summed E-state index contributed by atoms with van der Waals surface area (Å²) in [6.07, 6.45) is 3.58. The van der Waals surface area contributed by atoms with Crippen LogP contribution < -0.4 is 15.2 Å². The first kappa shape index (κ1) is 27.5. The Morgan fingerprint density at radius 2 is 1.97 bits per heavy atom. The van der Waals surface area contributed by atoms with Gasteiger partial charge in [-0.15, -0.1) is 0 Å². The van der Waals surface area contributed by atoms with Crippen molar-refractivity contribution < 1.29 is 27.5 Å². The highest BCUT2D eigenvalue weighted by Crippen LogP contribution is 2.44. The van der Waals surface area contributed by atoms with Crippen LogP contribution in [0.1, 0.15) is 57.7 Å². The molecular weight excluding hydrogens is 482 g/mol. The van der Waals surface area contributed by atoms with Gasteiger partial charge in [-0.2, -0.15) is 0 Å². The molecule has 10 heteroatoms. The summed E-state index contributed by atoms with van der Waals surface area (Å²) in [4.78, 5) is 25.9. The quantitative estimate of drug-likeness (QED) is 0.445. The molecule has 0 saturated heterocycles. The minimum absolute atomic E-state index is 0.0757. The summed E-state index contributed by atoms with van der Waals surface area (Å²) < 4.78 is 42.9. The van der Waals surface area contributed by atoms with Gasteiger partial charge in [0.1, 0.15) is 11.5 Å². The first-order chi connectivity index (χ1) is 17.1. The van der Waals surface area contributed by atoms with Crippen molar-refractivity contribution in [3.8, 4) is 5.75 Å². The molecule has 0 fully saturated rings. The van der Waals surface area contributed by atoms with Crippen molar-refractivity contribution in [3.05, 3.63) is 59.1 Å². The topological polar surface area (TPSA) is 130 Å². The standard InChI is InChI=1S/C26H35N3O6S/c1-5-15-34-24-11-10-19(36(32,33)28-13-12-18-9-8-14-29(18)4)16-21(24)26(25(27)31)17-22(30)20(6-2)23(7-3)35-26/h8-11,14,16,28H,5-7,12-13,15,17H2,1-4H3,(H2,27,31). The van der Waals surface area contributed by atoms with Crippen LogP contribution in [0.15, 0.2) is 52.8 Å². The number of Topliss-reactive ketones (excluding diaryl/α,β-unsaturated/α-hetero) is 1. The Kier molecular flexibility index (Phi) is 8.63. The van der Waals surface area contributed by atoms with E-state index in [2.05, 4.69) is 4.72 Å². The zero-order valence-corrected chi connectivity index (χ0v) is 22.1. The van der Waals surface area contributed by atoms with Crippen molar-refractivity contribution in [1.29, 1.82) is 0 Å². The van der Waals surface area contributed by atoms with Crippen molar-refractivity contribution in [2.24, 2.45) is 12.8 Å². The lowest BCUT2D eigenvalue weighted by Gasteiger charge is -2.37. The minimum atomic E-state index is -3.94. The van der Waals surface area contributed by atoms with Crippen molar-refractivity contribution in [1.82, 2.24) is 9.29 Å². The molecule has 36 heavy (non-hydrogen) atoms. The zero-order valence-electron chi connectivity index (χ0n) is 21.3. The first-order valence-electron chi connectivity index (χ1n) is 12.2. The number of carbonyl (C=O) groups is 2. The normalized spacial score (nSPS) is 18.3. The van der Waals surface area contributed by atoms with E-state index >= 15 is 0 Å². The number of allylic oxidation sites excluding steroid dienone is 2. The molecule has 0 saturated carbocycles. The van der Waals surface area contributed by atoms with E-state index in [1.807, 2.05) is 50.7 Å². The molecule has 2 aromatic rings. The number of nitrogens with zero attached hydrogens (tertiary/aromatic N) is 1. The van der Waals surface area contributed by atoms with E-state index < -0.39 is 21.5 Å². The van der Waals surface area contributed by atoms with Gasteiger partial charge in [0.25, 0.3) is 5.91 Å². The molecule has 1 aliphatic heterocycles. The number of hydrogen-bond acceptors (Lipinski definition) is 6. The van der Waals surface area contributed by atoms with Crippen LogP contribution in [0.3, 0.4) is 0 Å². The largest absolute Gasteiger partial charge is 0.493 e. The van der Waals surface area contributed by atoms with Gasteiger partial charge < -0.3 is 19.8 Å². The summed E-state index contributed by atoms with van der Waals surface area (Å²) >= 11 is 0. The highest BCUT2D eigenvalue weighted by atomic mass is 32.2. The number of primary amides is 1. The zero-order chi connectivity index (χ0) is 26.5. The van der Waals surface area contributed by atoms with Gasteiger partial charge in [0, 0.05) is 49.5 Å². The summed E-state index contributed by atoms with van der Waals surface area (Å²) in [6.45, 7) is 6.09. The lowest BCUT2D eigenvalue weighted by Crippen LogP contribution is -2.48. The third kappa shape index (κ3) is 5.49. The van der Waals surface area contributed by atoms with E-state index in [-0.39, 0.29) is 35.0 Å². The predicted molar refractivity (Wildman–Crippen MR) is 136 cm³/mol. The Bertz CT molecular complexity index is 1260. The number of ether oxygens (including phenoxy) is 2. The molecule has 1 aromatic heterocycles. The van der Waals surface area contributed by atoms with Gasteiger partial charge in [0.2, 0.25) is 15.6 Å². The molecule has 1 atom stereocenters. The second kappa shape index (κ2) is 11.3. The molecule has 0 aliphatic carbocycles. The summed E-state index contributed by atoms with van der Waals surface area (Å²) in [7, 11) is -2.05. The fourth-order valence-corrected chi connectivity index (χ4v) is 5.44. The van der Waals surface area contributed by atoms with E-state index in [1.165, 1.54) is 18.2 Å². The molecule has 9 nitrogen and oxygen atoms in total. The Labute approximate surface area is 212 Å². The number of sulfonamides is 1. The molecule has 0 bridgehead atoms. The van der Waals surface area contributed by atoms with Crippen molar-refractivity contribution >= 4 is 21.7 Å². The molecule has 1 unspecified atom stereocenters. The molecule has 2 heterocycles. The van der Waals surface area contributed by atoms with E-state index in [1.54, 1.807) is 0 Å². The van der Waals surface area contributed by atoms with Crippen LogP contribution in [0, 0.1) is 0 Å². The van der Waals surface area contributed by atoms with Crippen LogP contribution in [0.2, 0.25) is 0 Å². The van der Waals surface area contributed by atoms with Crippen LogP contribution >= 0.6 is 0 Å². The Hall–Kier alpha value is -3.11. The van der Waals surface area contributed by atoms with E-state index in [4.69, 9.17) is 15.2 Å². The van der Waals surface area contributed by atoms with E-state index in [0.717, 1.165) is 5.69 Å². The van der Waals surface area contributed by atoms with Crippen LogP contribution in [0.25, 0.3) is 0 Å². The SMILES string of the molecule is CCCOc1ccc(S(=O)(=O)NCCc2cccn2C)cc1C1(C(N)=O)CC(=O)C(CC)=C(CC)O1. The highest BCUT2D eigenvalue weighted by Gasteiger charge is 2.49. The smallest absolute Gasteiger partial charge is 0.266 e. The lowest BCUT2D eigenvalue weighted by atomic mass is 9.82. The molecule has 0 spiro atoms. The Morgan fingerprint density at radius 3 is 2.56 bits per heavy atom. The van der Waals surface area contributed by atoms with E-state index in [0.29, 0.717) is 43.6 Å². The van der Waals surface area contributed by atoms with Crippen molar-refractivity contribution in [2.45, 2.75) is 63.4 Å². The van der Waals surface area contributed by atoms with Crippen LogP contribution in [0.5, 0.6) is 5.75 Å². The molecule has 1 aliphatic rings. The highest BCUT2D eigenvalue weighted by molar-refractivity contribution is 7.89. The Morgan fingerprint density at radius 1 is 1.22 bits per heavy atom. The summed E-state index contributed by atoms with van der Waals surface area (Å²) in [6, 6.07) is 8.04. The van der Waals surface area contributed by atoms with Gasteiger partial charge in [-0.25, -0.2) is 13.1 Å². The number of nitrogens with one attached hydrogen (secondary N) is 1. The maximum atomic E-state index is 13.2. The van der Waals surface area contributed by atoms with Crippen LogP contribution in [0.4, 0.5) is 0 Å². The molecule has 1 aromatic carbocycles. The maximum Gasteiger partial charge on any atom is 0.266 e. The second-order valence-corrected chi connectivity index (χ2v) is 10.5. The molecule has 3 rings (SSSR count). The number of hydrogen-bond donors (Lipinski definition) is 2. The molecular formula is C26H35N3O6S. The van der Waals surface area contributed by atoms with Crippen molar-refractivity contribution in [3.63, 3.8) is 0 Å². The monoisotopic (exact) mass is 517 g/mol. The van der Waals surface area contributed by atoms with Crippen molar-refractivity contribution in [2.75, 3.05) is 13.2 Å². The molecule has 196 valence electrons. The number of aromatic nitrogens is 1. The maximum absolute atomic E-state index is 13.2. The summed E-state index contributed by atoms with van der Waals surface area (Å²) in [5.41, 5.74) is 5.59. The summed E-state index contributed by atoms with van der Waals surface area (Å²) in [5, 5.41) is 0. The van der Waals surface area contributed by atoms with Gasteiger partial charge in [-0.05, 0) is 43.2 Å². The number of aryl methyl sites for hydroxylation is 1. The number of nitrogens with two attached hydrogens (primary N) is 1. The average molecular weight is 518 g/mol. The predicted octanol–water partition coefficient (Wildman–Crippen LogP) is 3.08. The van der Waals surface area contributed by atoms with Crippen LogP contribution in [-0.4, -0.2) is 37.8 Å². The average Bonchev–Trinajstić information content (AvgIpc) is 3.26. The van der Waals surface area contributed by atoms with Gasteiger partial charge >= 0.3 is 0 Å². The minimum Gasteiger partial charge on any atom is -0.493 e. The number of ketones is 1. The van der Waals surface area contributed by atoms with E-state index in [9.17, 15) is 18.0 Å².